The molecule has 1 aliphatic rings. The highest BCUT2D eigenvalue weighted by molar-refractivity contribution is 7.56. The maximum atomic E-state index is 12.8. The summed E-state index contributed by atoms with van der Waals surface area (Å²) in [5, 5.41) is 8.87. The minimum atomic E-state index is -3.82. The minimum absolute atomic E-state index is 0.126. The zero-order valence-corrected chi connectivity index (χ0v) is 14.4. The van der Waals surface area contributed by atoms with Gasteiger partial charge in [-0.3, -0.25) is 4.57 Å². The van der Waals surface area contributed by atoms with Crippen LogP contribution >= 0.6 is 30.8 Å². The summed E-state index contributed by atoms with van der Waals surface area (Å²) >= 11 is 12.7. The van der Waals surface area contributed by atoms with Crippen LogP contribution in [0.15, 0.2) is 30.3 Å². The van der Waals surface area contributed by atoms with Gasteiger partial charge in [0.2, 0.25) is 5.34 Å². The molecule has 7 heteroatoms. The molecular formula is C14H19Cl2O4P. The summed E-state index contributed by atoms with van der Waals surface area (Å²) in [5.41, 5.74) is 0.881. The van der Waals surface area contributed by atoms with Gasteiger partial charge < -0.3 is 14.2 Å². The molecule has 1 aromatic rings. The lowest BCUT2D eigenvalue weighted by Gasteiger charge is -2.55. The van der Waals surface area contributed by atoms with Crippen LogP contribution in [-0.4, -0.2) is 28.0 Å². The van der Waals surface area contributed by atoms with E-state index in [9.17, 15) is 9.67 Å². The molecular weight excluding hydrogens is 334 g/mol. The van der Waals surface area contributed by atoms with E-state index in [1.165, 1.54) is 0 Å². The standard InChI is InChI=1S/C14H19Cl2O4P/c1-3-19-21(18,20-4-2)13(17)10-12(14(13,15)16)11-8-6-5-7-9-11/h5-9,12,17H,3-4,10H2,1-2H3. The molecule has 4 nitrogen and oxygen atoms in total. The monoisotopic (exact) mass is 352 g/mol. The first-order chi connectivity index (χ1) is 9.82. The van der Waals surface area contributed by atoms with Crippen LogP contribution in [-0.2, 0) is 13.6 Å². The summed E-state index contributed by atoms with van der Waals surface area (Å²) in [7, 11) is -3.82. The second-order valence-corrected chi connectivity index (χ2v) is 8.58. The zero-order valence-electron chi connectivity index (χ0n) is 12.0. The quantitative estimate of drug-likeness (QED) is 0.612. The predicted octanol–water partition coefficient (Wildman–Crippen LogP) is 4.30. The van der Waals surface area contributed by atoms with E-state index in [-0.39, 0.29) is 25.6 Å². The van der Waals surface area contributed by atoms with Gasteiger partial charge in [-0.15, -0.1) is 0 Å². The van der Waals surface area contributed by atoms with Gasteiger partial charge in [-0.2, -0.15) is 0 Å². The number of aliphatic hydroxyl groups is 1. The molecule has 1 aromatic carbocycles. The SMILES string of the molecule is CCOP(=O)(OCC)C1(O)CC(c2ccccc2)C1(Cl)Cl. The van der Waals surface area contributed by atoms with E-state index in [1.807, 2.05) is 30.3 Å². The van der Waals surface area contributed by atoms with Gasteiger partial charge in [0.25, 0.3) is 0 Å². The van der Waals surface area contributed by atoms with Crippen LogP contribution < -0.4 is 0 Å². The molecule has 0 aliphatic heterocycles. The van der Waals surface area contributed by atoms with Gasteiger partial charge in [0.05, 0.1) is 13.2 Å². The van der Waals surface area contributed by atoms with Gasteiger partial charge in [-0.1, -0.05) is 53.5 Å². The lowest BCUT2D eigenvalue weighted by atomic mass is 9.75. The van der Waals surface area contributed by atoms with E-state index >= 15 is 0 Å². The van der Waals surface area contributed by atoms with E-state index in [0.29, 0.717) is 0 Å². The Bertz CT molecular complexity index is 527. The number of alkyl halides is 2. The van der Waals surface area contributed by atoms with Crippen LogP contribution in [0, 0.1) is 0 Å². The highest BCUT2D eigenvalue weighted by Crippen LogP contribution is 2.76. The molecule has 21 heavy (non-hydrogen) atoms. The summed E-state index contributed by atoms with van der Waals surface area (Å²) in [4.78, 5) is 0. The Morgan fingerprint density at radius 2 is 1.76 bits per heavy atom. The van der Waals surface area contributed by atoms with Crippen LogP contribution in [0.25, 0.3) is 0 Å². The molecule has 1 saturated carbocycles. The second-order valence-electron chi connectivity index (χ2n) is 4.94. The van der Waals surface area contributed by atoms with Crippen molar-refractivity contribution < 1.29 is 18.7 Å². The van der Waals surface area contributed by atoms with E-state index in [1.54, 1.807) is 13.8 Å². The van der Waals surface area contributed by atoms with Crippen LogP contribution in [0.3, 0.4) is 0 Å². The molecule has 2 unspecified atom stereocenters. The average molecular weight is 353 g/mol. The van der Waals surface area contributed by atoms with Gasteiger partial charge in [0.1, 0.15) is 0 Å². The molecule has 0 spiro atoms. The van der Waals surface area contributed by atoms with Gasteiger partial charge in [-0.05, 0) is 19.4 Å². The van der Waals surface area contributed by atoms with Crippen molar-refractivity contribution in [2.75, 3.05) is 13.2 Å². The fourth-order valence-electron chi connectivity index (χ4n) is 2.59. The molecule has 0 radical (unpaired) electrons. The van der Waals surface area contributed by atoms with Gasteiger partial charge in [0, 0.05) is 12.3 Å². The van der Waals surface area contributed by atoms with E-state index in [4.69, 9.17) is 32.2 Å². The molecule has 0 bridgehead atoms. The first-order valence-electron chi connectivity index (χ1n) is 6.86. The molecule has 1 N–H and O–H groups in total. The topological polar surface area (TPSA) is 55.8 Å². The average Bonchev–Trinajstić information content (AvgIpc) is 2.45. The van der Waals surface area contributed by atoms with E-state index in [2.05, 4.69) is 0 Å². The number of hydrogen-bond donors (Lipinski definition) is 1. The lowest BCUT2D eigenvalue weighted by Crippen LogP contribution is -2.61. The van der Waals surface area contributed by atoms with Crippen molar-refractivity contribution in [3.63, 3.8) is 0 Å². The summed E-state index contributed by atoms with van der Waals surface area (Å²) in [6.07, 6.45) is 0.126. The zero-order chi connectivity index (χ0) is 15.7. The molecule has 0 heterocycles. The van der Waals surface area contributed by atoms with Crippen molar-refractivity contribution >= 4 is 30.8 Å². The van der Waals surface area contributed by atoms with Crippen LogP contribution in [0.2, 0.25) is 0 Å². The highest BCUT2D eigenvalue weighted by Gasteiger charge is 2.74. The van der Waals surface area contributed by atoms with Gasteiger partial charge in [-0.25, -0.2) is 0 Å². The molecule has 1 fully saturated rings. The second kappa shape index (κ2) is 6.19. The molecule has 0 aromatic heterocycles. The number of hydrogen-bond acceptors (Lipinski definition) is 4. The van der Waals surface area contributed by atoms with Crippen molar-refractivity contribution in [2.24, 2.45) is 0 Å². The van der Waals surface area contributed by atoms with Crippen molar-refractivity contribution in [2.45, 2.75) is 35.9 Å². The Labute approximate surface area is 134 Å². The maximum absolute atomic E-state index is 12.8. The Kier molecular flexibility index (Phi) is 5.09. The number of halogens is 2. The molecule has 1 aliphatic carbocycles. The normalized spacial score (nSPS) is 28.1. The first-order valence-corrected chi connectivity index (χ1v) is 9.16. The highest BCUT2D eigenvalue weighted by atomic mass is 35.5. The Morgan fingerprint density at radius 3 is 2.19 bits per heavy atom. The fraction of sp³-hybridized carbons (Fsp3) is 0.571. The van der Waals surface area contributed by atoms with Crippen molar-refractivity contribution in [1.82, 2.24) is 0 Å². The summed E-state index contributed by atoms with van der Waals surface area (Å²) in [5.74, 6) is -0.332. The van der Waals surface area contributed by atoms with Crippen molar-refractivity contribution in [3.8, 4) is 0 Å². The third-order valence-electron chi connectivity index (χ3n) is 3.71. The lowest BCUT2D eigenvalue weighted by molar-refractivity contribution is -0.0179. The molecule has 2 atom stereocenters. The van der Waals surface area contributed by atoms with Crippen LogP contribution in [0.4, 0.5) is 0 Å². The Hall–Kier alpha value is -0.0900. The largest absolute Gasteiger partial charge is 0.375 e. The van der Waals surface area contributed by atoms with E-state index < -0.39 is 17.3 Å². The maximum Gasteiger partial charge on any atom is 0.365 e. The van der Waals surface area contributed by atoms with Crippen molar-refractivity contribution in [1.29, 1.82) is 0 Å². The molecule has 0 saturated heterocycles. The van der Waals surface area contributed by atoms with Gasteiger partial charge >= 0.3 is 7.60 Å². The number of rotatable bonds is 6. The Balaban J connectivity index is 2.32. The minimum Gasteiger partial charge on any atom is -0.375 e. The van der Waals surface area contributed by atoms with Crippen LogP contribution in [0.5, 0.6) is 0 Å². The predicted molar refractivity (Wildman–Crippen MR) is 84.0 cm³/mol. The van der Waals surface area contributed by atoms with Gasteiger partial charge in [0.15, 0.2) is 4.33 Å². The number of benzene rings is 1. The van der Waals surface area contributed by atoms with Crippen molar-refractivity contribution in [3.05, 3.63) is 35.9 Å². The smallest absolute Gasteiger partial charge is 0.365 e. The molecule has 118 valence electrons. The van der Waals surface area contributed by atoms with Crippen LogP contribution in [0.1, 0.15) is 31.7 Å². The molecule has 0 amide bonds. The summed E-state index contributed by atoms with van der Waals surface area (Å²) in [6.45, 7) is 3.62. The first kappa shape index (κ1) is 17.3. The van der Waals surface area contributed by atoms with E-state index in [0.717, 1.165) is 5.56 Å². The molecule has 2 rings (SSSR count). The third kappa shape index (κ3) is 2.67. The Morgan fingerprint density at radius 1 is 1.24 bits per heavy atom. The fourth-order valence-corrected chi connectivity index (χ4v) is 5.88. The summed E-state index contributed by atoms with van der Waals surface area (Å²) in [6, 6.07) is 9.35. The third-order valence-corrected chi connectivity index (χ3v) is 7.77. The summed E-state index contributed by atoms with van der Waals surface area (Å²) < 4.78 is 21.6.